The molecule has 1 aromatic heterocycles. The van der Waals surface area contributed by atoms with E-state index < -0.39 is 0 Å². The molecule has 2 amide bonds. The van der Waals surface area contributed by atoms with Crippen molar-refractivity contribution in [1.82, 2.24) is 20.2 Å². The van der Waals surface area contributed by atoms with Crippen molar-refractivity contribution >= 4 is 12.0 Å². The van der Waals surface area contributed by atoms with Crippen molar-refractivity contribution in [2.24, 2.45) is 0 Å². The van der Waals surface area contributed by atoms with Crippen molar-refractivity contribution in [1.29, 1.82) is 5.26 Å². The molecule has 128 valence electrons. The lowest BCUT2D eigenvalue weighted by atomic mass is 10.1. The van der Waals surface area contributed by atoms with E-state index >= 15 is 0 Å². The standard InChI is InChI=1S/C18H20N6O/c1-14(16-5-3-15(13-19)4-6-16)22-18(25)24-11-9-23(10-12-24)17-20-7-2-8-21-17/h2-8,14H,9-12H2,1H3,(H,22,25)/t14-/m1/s1. The zero-order chi connectivity index (χ0) is 17.6. The first-order valence-electron chi connectivity index (χ1n) is 8.25. The number of nitrogens with zero attached hydrogens (tertiary/aromatic N) is 5. The Hall–Kier alpha value is -3.14. The lowest BCUT2D eigenvalue weighted by Gasteiger charge is -2.35. The van der Waals surface area contributed by atoms with E-state index in [0.717, 1.165) is 5.56 Å². The second kappa shape index (κ2) is 7.62. The fourth-order valence-electron chi connectivity index (χ4n) is 2.77. The number of benzene rings is 1. The highest BCUT2D eigenvalue weighted by molar-refractivity contribution is 5.75. The molecular formula is C18H20N6O. The number of carbonyl (C=O) groups is 1. The highest BCUT2D eigenvalue weighted by Gasteiger charge is 2.23. The van der Waals surface area contributed by atoms with Crippen molar-refractivity contribution in [3.8, 4) is 6.07 Å². The van der Waals surface area contributed by atoms with Crippen LogP contribution in [0.5, 0.6) is 0 Å². The Bertz CT molecular complexity index is 747. The number of nitriles is 1. The average molecular weight is 336 g/mol. The maximum Gasteiger partial charge on any atom is 0.317 e. The van der Waals surface area contributed by atoms with Gasteiger partial charge in [0.2, 0.25) is 5.95 Å². The summed E-state index contributed by atoms with van der Waals surface area (Å²) in [5.74, 6) is 0.702. The number of hydrogen-bond donors (Lipinski definition) is 1. The Balaban J connectivity index is 1.53. The van der Waals surface area contributed by atoms with Gasteiger partial charge in [0.15, 0.2) is 0 Å². The van der Waals surface area contributed by atoms with Gasteiger partial charge in [0.25, 0.3) is 0 Å². The van der Waals surface area contributed by atoms with E-state index in [9.17, 15) is 4.79 Å². The van der Waals surface area contributed by atoms with Crippen molar-refractivity contribution in [2.75, 3.05) is 31.1 Å². The number of rotatable bonds is 3. The molecule has 0 unspecified atom stereocenters. The molecule has 0 aliphatic carbocycles. The number of nitrogens with one attached hydrogen (secondary N) is 1. The van der Waals surface area contributed by atoms with Crippen LogP contribution in [0.1, 0.15) is 24.1 Å². The van der Waals surface area contributed by atoms with Crippen molar-refractivity contribution in [2.45, 2.75) is 13.0 Å². The lowest BCUT2D eigenvalue weighted by molar-refractivity contribution is 0.191. The molecular weight excluding hydrogens is 316 g/mol. The molecule has 1 atom stereocenters. The lowest BCUT2D eigenvalue weighted by Crippen LogP contribution is -2.52. The zero-order valence-electron chi connectivity index (χ0n) is 14.1. The zero-order valence-corrected chi connectivity index (χ0v) is 14.1. The predicted molar refractivity (Wildman–Crippen MR) is 93.9 cm³/mol. The Morgan fingerprint density at radius 2 is 1.80 bits per heavy atom. The summed E-state index contributed by atoms with van der Waals surface area (Å²) < 4.78 is 0. The summed E-state index contributed by atoms with van der Waals surface area (Å²) in [5, 5.41) is 11.9. The molecule has 7 nitrogen and oxygen atoms in total. The van der Waals surface area contributed by atoms with Gasteiger partial charge >= 0.3 is 6.03 Å². The van der Waals surface area contributed by atoms with Crippen LogP contribution in [-0.4, -0.2) is 47.1 Å². The molecule has 0 spiro atoms. The summed E-state index contributed by atoms with van der Waals surface area (Å²) in [4.78, 5) is 24.8. The van der Waals surface area contributed by atoms with Crippen molar-refractivity contribution in [3.63, 3.8) is 0 Å². The Kier molecular flexibility index (Phi) is 5.09. The van der Waals surface area contributed by atoms with Crippen LogP contribution < -0.4 is 10.2 Å². The number of anilines is 1. The summed E-state index contributed by atoms with van der Waals surface area (Å²) in [6.45, 7) is 4.62. The third-order valence-corrected chi connectivity index (χ3v) is 4.28. The Labute approximate surface area is 146 Å². The van der Waals surface area contributed by atoms with Crippen LogP contribution in [0, 0.1) is 11.3 Å². The van der Waals surface area contributed by atoms with Gasteiger partial charge in [-0.05, 0) is 30.7 Å². The second-order valence-electron chi connectivity index (χ2n) is 5.93. The molecule has 0 radical (unpaired) electrons. The smallest absolute Gasteiger partial charge is 0.317 e. The van der Waals surface area contributed by atoms with E-state index in [4.69, 9.17) is 5.26 Å². The average Bonchev–Trinajstić information content (AvgIpc) is 2.68. The van der Waals surface area contributed by atoms with E-state index in [1.54, 1.807) is 35.5 Å². The Morgan fingerprint density at radius 3 is 2.40 bits per heavy atom. The first kappa shape index (κ1) is 16.7. The number of aromatic nitrogens is 2. The van der Waals surface area contributed by atoms with Gasteiger partial charge in [-0.1, -0.05) is 12.1 Å². The predicted octanol–water partition coefficient (Wildman–Crippen LogP) is 1.94. The molecule has 1 saturated heterocycles. The minimum Gasteiger partial charge on any atom is -0.337 e. The van der Waals surface area contributed by atoms with Crippen LogP contribution in [0.25, 0.3) is 0 Å². The molecule has 3 rings (SSSR count). The van der Waals surface area contributed by atoms with Crippen LogP contribution in [0.2, 0.25) is 0 Å². The number of piperazine rings is 1. The molecule has 1 aliphatic heterocycles. The van der Waals surface area contributed by atoms with E-state index in [1.165, 1.54) is 0 Å². The minimum absolute atomic E-state index is 0.0783. The topological polar surface area (TPSA) is 85.2 Å². The van der Waals surface area contributed by atoms with E-state index in [0.29, 0.717) is 37.7 Å². The fraction of sp³-hybridized carbons (Fsp3) is 0.333. The molecule has 0 bridgehead atoms. The van der Waals surface area contributed by atoms with Gasteiger partial charge in [0.05, 0.1) is 17.7 Å². The summed E-state index contributed by atoms with van der Waals surface area (Å²) >= 11 is 0. The molecule has 1 aliphatic rings. The van der Waals surface area contributed by atoms with Gasteiger partial charge in [-0.25, -0.2) is 14.8 Å². The summed E-state index contributed by atoms with van der Waals surface area (Å²) in [6.07, 6.45) is 3.45. The molecule has 1 N–H and O–H groups in total. The van der Waals surface area contributed by atoms with Gasteiger partial charge in [0.1, 0.15) is 0 Å². The second-order valence-corrected chi connectivity index (χ2v) is 5.93. The van der Waals surface area contributed by atoms with E-state index in [-0.39, 0.29) is 12.1 Å². The van der Waals surface area contributed by atoms with E-state index in [1.807, 2.05) is 19.1 Å². The Morgan fingerprint density at radius 1 is 1.16 bits per heavy atom. The minimum atomic E-state index is -0.115. The van der Waals surface area contributed by atoms with Gasteiger partial charge in [-0.3, -0.25) is 0 Å². The summed E-state index contributed by atoms with van der Waals surface area (Å²) in [7, 11) is 0. The van der Waals surface area contributed by atoms with Crippen LogP contribution in [-0.2, 0) is 0 Å². The SMILES string of the molecule is C[C@@H](NC(=O)N1CCN(c2ncccn2)CC1)c1ccc(C#N)cc1. The molecule has 2 aromatic rings. The third kappa shape index (κ3) is 4.04. The van der Waals surface area contributed by atoms with Gasteiger partial charge in [-0.15, -0.1) is 0 Å². The highest BCUT2D eigenvalue weighted by atomic mass is 16.2. The van der Waals surface area contributed by atoms with Crippen LogP contribution in [0.4, 0.5) is 10.7 Å². The highest BCUT2D eigenvalue weighted by Crippen LogP contribution is 2.15. The molecule has 7 heteroatoms. The number of carbonyl (C=O) groups excluding carboxylic acids is 1. The molecule has 1 fully saturated rings. The first-order valence-corrected chi connectivity index (χ1v) is 8.25. The first-order chi connectivity index (χ1) is 12.2. The molecule has 0 saturated carbocycles. The maximum absolute atomic E-state index is 12.5. The monoisotopic (exact) mass is 336 g/mol. The summed E-state index contributed by atoms with van der Waals surface area (Å²) in [5.41, 5.74) is 1.59. The largest absolute Gasteiger partial charge is 0.337 e. The van der Waals surface area contributed by atoms with Gasteiger partial charge in [0, 0.05) is 38.6 Å². The molecule has 25 heavy (non-hydrogen) atoms. The fourth-order valence-corrected chi connectivity index (χ4v) is 2.77. The van der Waals surface area contributed by atoms with Gasteiger partial charge < -0.3 is 15.1 Å². The van der Waals surface area contributed by atoms with Crippen LogP contribution in [0.3, 0.4) is 0 Å². The van der Waals surface area contributed by atoms with Gasteiger partial charge in [-0.2, -0.15) is 5.26 Å². The van der Waals surface area contributed by atoms with Crippen molar-refractivity contribution in [3.05, 3.63) is 53.9 Å². The number of hydrogen-bond acceptors (Lipinski definition) is 5. The summed E-state index contributed by atoms with van der Waals surface area (Å²) in [6, 6.07) is 10.9. The number of urea groups is 1. The normalized spacial score (nSPS) is 15.4. The number of amides is 2. The molecule has 1 aromatic carbocycles. The van der Waals surface area contributed by atoms with Crippen LogP contribution >= 0.6 is 0 Å². The quantitative estimate of drug-likeness (QED) is 0.926. The maximum atomic E-state index is 12.5. The van der Waals surface area contributed by atoms with E-state index in [2.05, 4.69) is 26.3 Å². The van der Waals surface area contributed by atoms with Crippen LogP contribution in [0.15, 0.2) is 42.7 Å². The molecule has 2 heterocycles. The third-order valence-electron chi connectivity index (χ3n) is 4.28. The van der Waals surface area contributed by atoms with Crippen molar-refractivity contribution < 1.29 is 4.79 Å².